The Morgan fingerprint density at radius 2 is 2.16 bits per heavy atom. The lowest BCUT2D eigenvalue weighted by molar-refractivity contribution is -0.122. The maximum absolute atomic E-state index is 8.36. The molecule has 4 heterocycles. The number of tetrazole rings is 1. The van der Waals surface area contributed by atoms with Crippen LogP contribution in [-0.4, -0.2) is 58.5 Å². The molecular weight excluding hydrogens is 422 g/mol. The summed E-state index contributed by atoms with van der Waals surface area (Å²) in [6.45, 7) is 5.22. The van der Waals surface area contributed by atoms with Crippen LogP contribution in [0.2, 0.25) is 5.02 Å². The first-order valence-electron chi connectivity index (χ1n) is 9.79. The topological polar surface area (TPSA) is 121 Å². The van der Waals surface area contributed by atoms with Crippen molar-refractivity contribution >= 4 is 40.0 Å². The zero-order chi connectivity index (χ0) is 22.0. The van der Waals surface area contributed by atoms with E-state index < -0.39 is 0 Å². The predicted molar refractivity (Wildman–Crippen MR) is 114 cm³/mol. The van der Waals surface area contributed by atoms with Gasteiger partial charge >= 0.3 is 0 Å². The van der Waals surface area contributed by atoms with Gasteiger partial charge < -0.3 is 14.4 Å². The Labute approximate surface area is 182 Å². The maximum Gasteiger partial charge on any atom is 0.290 e. The number of carboxylic acid groups (broad SMARTS) is 1. The van der Waals surface area contributed by atoms with Gasteiger partial charge in [0.05, 0.1) is 22.8 Å². The van der Waals surface area contributed by atoms with Crippen LogP contribution in [0.15, 0.2) is 30.7 Å². The van der Waals surface area contributed by atoms with Gasteiger partial charge in [0, 0.05) is 23.1 Å². The lowest BCUT2D eigenvalue weighted by atomic mass is 9.93. The summed E-state index contributed by atoms with van der Waals surface area (Å²) in [6, 6.07) is 6.03. The number of ether oxygens (including phenoxy) is 1. The Morgan fingerprint density at radius 3 is 2.87 bits per heavy atom. The molecule has 31 heavy (non-hydrogen) atoms. The largest absolute Gasteiger partial charge is 0.483 e. The molecule has 5 rings (SSSR count). The number of imidazole rings is 1. The average molecular weight is 444 g/mol. The average Bonchev–Trinajstić information content (AvgIpc) is 3.35. The number of fused-ring (bicyclic) bond motifs is 3. The Hall–Kier alpha value is -3.11. The van der Waals surface area contributed by atoms with Gasteiger partial charge in [-0.25, -0.2) is 9.67 Å². The van der Waals surface area contributed by atoms with Gasteiger partial charge in [-0.2, -0.15) is 0 Å². The van der Waals surface area contributed by atoms with Gasteiger partial charge in [0.15, 0.2) is 0 Å². The van der Waals surface area contributed by atoms with Gasteiger partial charge in [0.1, 0.15) is 24.2 Å². The summed E-state index contributed by atoms with van der Waals surface area (Å²) < 4.78 is 9.96. The summed E-state index contributed by atoms with van der Waals surface area (Å²) in [6.07, 6.45) is 5.24. The third-order valence-corrected chi connectivity index (χ3v) is 5.52. The second-order valence-electron chi connectivity index (χ2n) is 7.92. The monoisotopic (exact) mass is 443 g/mol. The summed E-state index contributed by atoms with van der Waals surface area (Å²) in [4.78, 5) is 17.8. The zero-order valence-electron chi connectivity index (χ0n) is 17.1. The van der Waals surface area contributed by atoms with E-state index in [0.29, 0.717) is 18.2 Å². The van der Waals surface area contributed by atoms with Crippen molar-refractivity contribution < 1.29 is 14.6 Å². The number of nitrogens with zero attached hydrogens (tertiary/aromatic N) is 7. The van der Waals surface area contributed by atoms with Crippen molar-refractivity contribution in [2.24, 2.45) is 0 Å². The highest BCUT2D eigenvalue weighted by Gasteiger charge is 2.32. The van der Waals surface area contributed by atoms with E-state index in [-0.39, 0.29) is 18.1 Å². The van der Waals surface area contributed by atoms with Crippen LogP contribution >= 0.6 is 11.6 Å². The van der Waals surface area contributed by atoms with Crippen molar-refractivity contribution in [1.29, 1.82) is 0 Å². The molecule has 0 bridgehead atoms. The Morgan fingerprint density at radius 1 is 1.35 bits per heavy atom. The van der Waals surface area contributed by atoms with Crippen LogP contribution in [0.3, 0.4) is 0 Å². The minimum absolute atomic E-state index is 0.188. The van der Waals surface area contributed by atoms with Gasteiger partial charge in [-0.05, 0) is 55.3 Å². The van der Waals surface area contributed by atoms with Crippen LogP contribution in [0.25, 0.3) is 21.9 Å². The van der Waals surface area contributed by atoms with Gasteiger partial charge in [0.2, 0.25) is 0 Å². The lowest BCUT2D eigenvalue weighted by Crippen LogP contribution is -2.35. The van der Waals surface area contributed by atoms with E-state index in [1.807, 2.05) is 24.4 Å². The van der Waals surface area contributed by atoms with Crippen LogP contribution in [0.5, 0.6) is 0 Å². The molecule has 1 fully saturated rings. The highest BCUT2D eigenvalue weighted by Crippen LogP contribution is 2.37. The molecule has 0 radical (unpaired) electrons. The molecule has 1 aromatic carbocycles. The number of hydrogen-bond acceptors (Lipinski definition) is 7. The molecule has 1 atom stereocenters. The minimum Gasteiger partial charge on any atom is -0.483 e. The summed E-state index contributed by atoms with van der Waals surface area (Å²) >= 11 is 6.32. The summed E-state index contributed by atoms with van der Waals surface area (Å²) in [7, 11) is 0. The first kappa shape index (κ1) is 21.1. The Kier molecular flexibility index (Phi) is 5.84. The molecule has 10 nitrogen and oxygen atoms in total. The molecule has 0 saturated carbocycles. The molecule has 0 spiro atoms. The van der Waals surface area contributed by atoms with Gasteiger partial charge in [-0.1, -0.05) is 11.6 Å². The molecule has 11 heteroatoms. The van der Waals surface area contributed by atoms with Crippen molar-refractivity contribution in [2.75, 3.05) is 6.61 Å². The van der Waals surface area contributed by atoms with E-state index in [1.54, 1.807) is 11.0 Å². The van der Waals surface area contributed by atoms with Crippen LogP contribution in [0, 0.1) is 0 Å². The molecule has 1 aliphatic rings. The zero-order valence-corrected chi connectivity index (χ0v) is 17.9. The second kappa shape index (κ2) is 8.56. The number of aromatic nitrogens is 7. The molecule has 4 aromatic rings. The van der Waals surface area contributed by atoms with Crippen molar-refractivity contribution in [3.8, 4) is 0 Å². The van der Waals surface area contributed by atoms with Gasteiger partial charge in [-0.3, -0.25) is 9.78 Å². The molecule has 0 amide bonds. The fourth-order valence-electron chi connectivity index (χ4n) is 4.12. The quantitative estimate of drug-likeness (QED) is 0.479. The molecule has 0 aliphatic carbocycles. The molecular formula is C20H22ClN7O3. The number of hydrogen-bond donors (Lipinski definition) is 1. The van der Waals surface area contributed by atoms with Crippen molar-refractivity contribution in [3.05, 3.63) is 41.6 Å². The van der Waals surface area contributed by atoms with Gasteiger partial charge in [0.25, 0.3) is 6.47 Å². The van der Waals surface area contributed by atoms with Crippen LogP contribution in [0.1, 0.15) is 38.6 Å². The minimum atomic E-state index is -0.250. The van der Waals surface area contributed by atoms with E-state index >= 15 is 0 Å². The van der Waals surface area contributed by atoms with Crippen LogP contribution < -0.4 is 0 Å². The molecule has 1 N–H and O–H groups in total. The van der Waals surface area contributed by atoms with Crippen molar-refractivity contribution in [3.63, 3.8) is 0 Å². The van der Waals surface area contributed by atoms with Gasteiger partial charge in [-0.15, -0.1) is 5.10 Å². The van der Waals surface area contributed by atoms with Crippen LogP contribution in [0.4, 0.5) is 0 Å². The highest BCUT2D eigenvalue weighted by atomic mass is 35.5. The van der Waals surface area contributed by atoms with E-state index in [9.17, 15) is 0 Å². The van der Waals surface area contributed by atoms with E-state index in [0.717, 1.165) is 40.6 Å². The van der Waals surface area contributed by atoms with Crippen LogP contribution in [-0.2, 0) is 16.1 Å². The summed E-state index contributed by atoms with van der Waals surface area (Å²) in [5, 5.41) is 20.1. The number of benzene rings is 1. The number of rotatable bonds is 3. The third-order valence-electron chi connectivity index (χ3n) is 5.28. The molecule has 1 unspecified atom stereocenters. The first-order chi connectivity index (χ1) is 14.9. The smallest absolute Gasteiger partial charge is 0.290 e. The Bertz CT molecular complexity index is 1210. The molecule has 3 aromatic heterocycles. The number of carbonyl (C=O) groups is 1. The van der Waals surface area contributed by atoms with Crippen molar-refractivity contribution in [2.45, 2.75) is 44.9 Å². The number of halogens is 1. The molecule has 1 saturated heterocycles. The second-order valence-corrected chi connectivity index (χ2v) is 8.36. The highest BCUT2D eigenvalue weighted by molar-refractivity contribution is 6.31. The Balaban J connectivity index is 0.000000730. The van der Waals surface area contributed by atoms with E-state index in [4.69, 9.17) is 31.2 Å². The number of pyridine rings is 1. The van der Waals surface area contributed by atoms with E-state index in [2.05, 4.69) is 38.9 Å². The maximum atomic E-state index is 8.36. The predicted octanol–water partition coefficient (Wildman–Crippen LogP) is 3.10. The standard InChI is InChI=1S/C19H20ClN7O.CH2O2/c1-19(2)8-13(5-6-28-19)27-17(10-26-11-22-24-25-26)23-16-9-21-15-4-3-12(20)7-14(15)18(16)27;2-1-3/h3-4,7,9,11,13H,5-6,8,10H2,1-2H3;1H,(H,2,3). The molecule has 1 aliphatic heterocycles. The lowest BCUT2D eigenvalue weighted by Gasteiger charge is -2.37. The summed E-state index contributed by atoms with van der Waals surface area (Å²) in [5.74, 6) is 0.902. The molecule has 162 valence electrons. The fraction of sp³-hybridized carbons (Fsp3) is 0.400. The fourth-order valence-corrected chi connectivity index (χ4v) is 4.29. The van der Waals surface area contributed by atoms with Crippen molar-refractivity contribution in [1.82, 2.24) is 34.7 Å². The van der Waals surface area contributed by atoms with E-state index in [1.165, 1.54) is 0 Å². The summed E-state index contributed by atoms with van der Waals surface area (Å²) in [5.41, 5.74) is 2.62. The SMILES string of the molecule is CC1(C)CC(n2c(Cn3cnnn3)nc3cnc4ccc(Cl)cc4c32)CCO1.O=CO. The normalized spacial score (nSPS) is 18.0. The third kappa shape index (κ3) is 4.35. The first-order valence-corrected chi connectivity index (χ1v) is 10.2.